The fourth-order valence-electron chi connectivity index (χ4n) is 2.72. The Kier molecular flexibility index (Phi) is 5.75. The third-order valence-electron chi connectivity index (χ3n) is 3.92. The molecule has 0 aliphatic carbocycles. The van der Waals surface area contributed by atoms with Crippen molar-refractivity contribution >= 4 is 23.3 Å². The summed E-state index contributed by atoms with van der Waals surface area (Å²) >= 11 is 6.08. The summed E-state index contributed by atoms with van der Waals surface area (Å²) in [5.74, 6) is 0.00889. The molecule has 0 bridgehead atoms. The predicted octanol–water partition coefficient (Wildman–Crippen LogP) is 3.97. The van der Waals surface area contributed by atoms with Gasteiger partial charge in [0.15, 0.2) is 0 Å². The van der Waals surface area contributed by atoms with Crippen molar-refractivity contribution in [3.8, 4) is 0 Å². The van der Waals surface area contributed by atoms with Gasteiger partial charge >= 0.3 is 6.18 Å². The summed E-state index contributed by atoms with van der Waals surface area (Å²) in [7, 11) is 0. The van der Waals surface area contributed by atoms with Crippen molar-refractivity contribution < 1.29 is 18.0 Å². The van der Waals surface area contributed by atoms with E-state index in [0.29, 0.717) is 17.0 Å². The van der Waals surface area contributed by atoms with E-state index >= 15 is 0 Å². The summed E-state index contributed by atoms with van der Waals surface area (Å²) in [6.45, 7) is 4.73. The van der Waals surface area contributed by atoms with Crippen LogP contribution in [0.25, 0.3) is 0 Å². The van der Waals surface area contributed by atoms with Crippen LogP contribution in [0.1, 0.15) is 41.0 Å². The number of benzene rings is 1. The van der Waals surface area contributed by atoms with Gasteiger partial charge in [-0.3, -0.25) is 4.79 Å². The second-order valence-electron chi connectivity index (χ2n) is 5.92. The van der Waals surface area contributed by atoms with Gasteiger partial charge in [-0.15, -0.1) is 0 Å². The summed E-state index contributed by atoms with van der Waals surface area (Å²) in [4.78, 5) is 19.5. The molecule has 0 aliphatic rings. The lowest BCUT2D eigenvalue weighted by atomic mass is 9.97. The number of alkyl halides is 3. The zero-order valence-electron chi connectivity index (χ0n) is 14.4. The van der Waals surface area contributed by atoms with Crippen LogP contribution in [0.15, 0.2) is 18.2 Å². The maximum Gasteiger partial charge on any atom is 0.416 e. The molecule has 5 nitrogen and oxygen atoms in total. The van der Waals surface area contributed by atoms with Gasteiger partial charge in [0.05, 0.1) is 18.0 Å². The van der Waals surface area contributed by atoms with E-state index in [9.17, 15) is 18.0 Å². The molecule has 140 valence electrons. The van der Waals surface area contributed by atoms with Crippen LogP contribution >= 0.6 is 11.6 Å². The Labute approximate surface area is 153 Å². The number of carbonyl (C=O) groups is 1. The van der Waals surface area contributed by atoms with E-state index in [1.54, 1.807) is 19.9 Å². The number of nitrogens with two attached hydrogens (primary N) is 1. The van der Waals surface area contributed by atoms with E-state index < -0.39 is 23.7 Å². The lowest BCUT2D eigenvalue weighted by molar-refractivity contribution is -0.138. The molecule has 0 unspecified atom stereocenters. The summed E-state index contributed by atoms with van der Waals surface area (Å²) in [6.07, 6.45) is -4.62. The molecule has 1 aromatic carbocycles. The predicted molar refractivity (Wildman–Crippen MR) is 92.9 cm³/mol. The van der Waals surface area contributed by atoms with Crippen molar-refractivity contribution in [3.63, 3.8) is 0 Å². The Morgan fingerprint density at radius 1 is 1.31 bits per heavy atom. The van der Waals surface area contributed by atoms with Crippen LogP contribution in [-0.4, -0.2) is 15.9 Å². The number of anilines is 1. The van der Waals surface area contributed by atoms with Crippen LogP contribution in [0.3, 0.4) is 0 Å². The van der Waals surface area contributed by atoms with E-state index in [0.717, 1.165) is 6.07 Å². The normalized spacial score (nSPS) is 12.7. The molecule has 0 aliphatic heterocycles. The fraction of sp³-hybridized carbons (Fsp3) is 0.353. The SMILES string of the molecule is Cc1nc(Cl)c(CC(N)=O)c(N[C@H](C)c2cccc(C(F)(F)F)c2C)n1. The highest BCUT2D eigenvalue weighted by Gasteiger charge is 2.33. The van der Waals surface area contributed by atoms with E-state index in [4.69, 9.17) is 17.3 Å². The van der Waals surface area contributed by atoms with Gasteiger partial charge < -0.3 is 11.1 Å². The van der Waals surface area contributed by atoms with Gasteiger partial charge in [-0.25, -0.2) is 9.97 Å². The van der Waals surface area contributed by atoms with Crippen molar-refractivity contribution in [1.82, 2.24) is 9.97 Å². The third kappa shape index (κ3) is 4.43. The highest BCUT2D eigenvalue weighted by Crippen LogP contribution is 2.35. The fourth-order valence-corrected chi connectivity index (χ4v) is 3.00. The molecule has 2 aromatic rings. The summed E-state index contributed by atoms with van der Waals surface area (Å²) in [5.41, 5.74) is 5.41. The second kappa shape index (κ2) is 7.49. The molecular formula is C17H18ClF3N4O. The lowest BCUT2D eigenvalue weighted by Gasteiger charge is -2.21. The topological polar surface area (TPSA) is 80.9 Å². The highest BCUT2D eigenvalue weighted by molar-refractivity contribution is 6.30. The van der Waals surface area contributed by atoms with Gasteiger partial charge in [-0.05, 0) is 38.0 Å². The molecule has 0 fully saturated rings. The van der Waals surface area contributed by atoms with Crippen LogP contribution in [-0.2, 0) is 17.4 Å². The van der Waals surface area contributed by atoms with E-state index in [1.807, 2.05) is 0 Å². The number of nitrogens with one attached hydrogen (secondary N) is 1. The molecule has 3 N–H and O–H groups in total. The number of hydrogen-bond acceptors (Lipinski definition) is 4. The molecule has 9 heteroatoms. The zero-order valence-corrected chi connectivity index (χ0v) is 15.2. The Hall–Kier alpha value is -2.35. The number of nitrogens with zero attached hydrogens (tertiary/aromatic N) is 2. The van der Waals surface area contributed by atoms with Crippen molar-refractivity contribution in [1.29, 1.82) is 0 Å². The van der Waals surface area contributed by atoms with Gasteiger partial charge in [0.1, 0.15) is 16.8 Å². The van der Waals surface area contributed by atoms with Gasteiger partial charge in [-0.2, -0.15) is 13.2 Å². The van der Waals surface area contributed by atoms with Crippen molar-refractivity contribution in [3.05, 3.63) is 51.4 Å². The van der Waals surface area contributed by atoms with Crippen molar-refractivity contribution in [2.24, 2.45) is 5.73 Å². The first-order chi connectivity index (χ1) is 12.0. The average Bonchev–Trinajstić information content (AvgIpc) is 2.49. The first-order valence-corrected chi connectivity index (χ1v) is 8.13. The largest absolute Gasteiger partial charge is 0.416 e. The Morgan fingerprint density at radius 2 is 1.96 bits per heavy atom. The highest BCUT2D eigenvalue weighted by atomic mass is 35.5. The summed E-state index contributed by atoms with van der Waals surface area (Å²) < 4.78 is 39.4. The van der Waals surface area contributed by atoms with Crippen LogP contribution < -0.4 is 11.1 Å². The Bertz CT molecular complexity index is 839. The molecule has 1 amide bonds. The van der Waals surface area contributed by atoms with Crippen molar-refractivity contribution in [2.75, 3.05) is 5.32 Å². The molecule has 2 rings (SSSR count). The van der Waals surface area contributed by atoms with Gasteiger partial charge in [-0.1, -0.05) is 23.7 Å². The smallest absolute Gasteiger partial charge is 0.369 e. The number of rotatable bonds is 5. The lowest BCUT2D eigenvalue weighted by Crippen LogP contribution is -2.19. The van der Waals surface area contributed by atoms with Crippen LogP contribution in [0.2, 0.25) is 5.15 Å². The van der Waals surface area contributed by atoms with Crippen molar-refractivity contribution in [2.45, 2.75) is 39.4 Å². The molecule has 1 heterocycles. The number of carbonyl (C=O) groups excluding carboxylic acids is 1. The molecular weight excluding hydrogens is 369 g/mol. The molecule has 0 spiro atoms. The molecule has 1 atom stereocenters. The summed E-state index contributed by atoms with van der Waals surface area (Å²) in [5, 5.41) is 3.10. The van der Waals surface area contributed by atoms with Crippen LogP contribution in [0.4, 0.5) is 19.0 Å². The van der Waals surface area contributed by atoms with E-state index in [1.165, 1.54) is 13.0 Å². The minimum atomic E-state index is -4.44. The van der Waals surface area contributed by atoms with E-state index in [-0.39, 0.29) is 23.0 Å². The van der Waals surface area contributed by atoms with Gasteiger partial charge in [0.25, 0.3) is 0 Å². The minimum absolute atomic E-state index is 0.0757. The van der Waals surface area contributed by atoms with Gasteiger partial charge in [0.2, 0.25) is 5.91 Å². The average molecular weight is 387 g/mol. The quantitative estimate of drug-likeness (QED) is 0.762. The Morgan fingerprint density at radius 3 is 2.54 bits per heavy atom. The number of hydrogen-bond donors (Lipinski definition) is 2. The van der Waals surface area contributed by atoms with E-state index in [2.05, 4.69) is 15.3 Å². The zero-order chi connectivity index (χ0) is 19.6. The molecule has 0 saturated heterocycles. The van der Waals surface area contributed by atoms with Crippen LogP contribution in [0, 0.1) is 13.8 Å². The molecule has 0 saturated carbocycles. The monoisotopic (exact) mass is 386 g/mol. The maximum atomic E-state index is 13.1. The number of aryl methyl sites for hydroxylation is 1. The van der Waals surface area contributed by atoms with Gasteiger partial charge in [0, 0.05) is 5.56 Å². The molecule has 0 radical (unpaired) electrons. The third-order valence-corrected chi connectivity index (χ3v) is 4.23. The number of primary amides is 1. The summed E-state index contributed by atoms with van der Waals surface area (Å²) in [6, 6.07) is 3.47. The number of halogens is 4. The standard InChI is InChI=1S/C17H18ClF3N4O/c1-8-11(5-4-6-13(8)17(19,20)21)9(2)23-16-12(7-14(22)26)15(18)24-10(3)25-16/h4-6,9H,7H2,1-3H3,(H2,22,26)(H,23,24,25)/t9-/m1/s1. The number of amides is 1. The van der Waals surface area contributed by atoms with Crippen LogP contribution in [0.5, 0.6) is 0 Å². The first-order valence-electron chi connectivity index (χ1n) is 7.75. The maximum absolute atomic E-state index is 13.1. The molecule has 26 heavy (non-hydrogen) atoms. The first kappa shape index (κ1) is 20.0. The Balaban J connectivity index is 2.42. The number of aromatic nitrogens is 2. The minimum Gasteiger partial charge on any atom is -0.369 e. The second-order valence-corrected chi connectivity index (χ2v) is 6.27. The molecule has 1 aromatic heterocycles.